The molecule has 1 aromatic rings. The molecular formula is C10H15F2N3. The molecule has 1 heterocycles. The second-order valence-corrected chi connectivity index (χ2v) is 3.51. The summed E-state index contributed by atoms with van der Waals surface area (Å²) >= 11 is 0. The molecule has 5 heteroatoms. The predicted molar refractivity (Wildman–Crippen MR) is 56.1 cm³/mol. The van der Waals surface area contributed by atoms with Crippen LogP contribution in [-0.2, 0) is 0 Å². The third-order valence-corrected chi connectivity index (χ3v) is 2.10. The topological polar surface area (TPSA) is 42.1 Å². The lowest BCUT2D eigenvalue weighted by Gasteiger charge is -2.17. The highest BCUT2D eigenvalue weighted by molar-refractivity contribution is 5.38. The average molecular weight is 215 g/mol. The Balaban J connectivity index is 2.71. The molecule has 0 aliphatic rings. The normalized spacial score (nSPS) is 12.9. The van der Waals surface area contributed by atoms with Crippen molar-refractivity contribution in [1.29, 1.82) is 0 Å². The molecule has 0 radical (unpaired) electrons. The second kappa shape index (κ2) is 5.02. The van der Waals surface area contributed by atoms with Gasteiger partial charge >= 0.3 is 0 Å². The minimum absolute atomic E-state index is 0.0908. The van der Waals surface area contributed by atoms with Crippen molar-refractivity contribution in [2.45, 2.75) is 19.4 Å². The summed E-state index contributed by atoms with van der Waals surface area (Å²) in [6.45, 7) is 1.53. The highest BCUT2D eigenvalue weighted by Crippen LogP contribution is 2.14. The van der Waals surface area contributed by atoms with Crippen molar-refractivity contribution in [3.63, 3.8) is 0 Å². The van der Waals surface area contributed by atoms with Crippen LogP contribution in [0.1, 0.15) is 18.5 Å². The van der Waals surface area contributed by atoms with Crippen molar-refractivity contribution in [2.24, 2.45) is 5.73 Å². The highest BCUT2D eigenvalue weighted by atomic mass is 19.3. The lowest BCUT2D eigenvalue weighted by atomic mass is 10.1. The largest absolute Gasteiger partial charge is 0.354 e. The van der Waals surface area contributed by atoms with E-state index in [1.54, 1.807) is 25.4 Å². The standard InChI is InChI=1S/C10H15F2N3/c1-7(13)8-3-4-10(14-5-8)15(2)6-9(11)12/h3-5,7,9H,6,13H2,1-2H3. The molecule has 84 valence electrons. The third-order valence-electron chi connectivity index (χ3n) is 2.10. The number of alkyl halides is 2. The molecule has 0 spiro atoms. The number of rotatable bonds is 4. The van der Waals surface area contributed by atoms with E-state index < -0.39 is 6.43 Å². The van der Waals surface area contributed by atoms with Crippen LogP contribution in [0.2, 0.25) is 0 Å². The fourth-order valence-corrected chi connectivity index (χ4v) is 1.19. The van der Waals surface area contributed by atoms with Gasteiger partial charge in [0.2, 0.25) is 0 Å². The van der Waals surface area contributed by atoms with Gasteiger partial charge in [0.25, 0.3) is 6.43 Å². The average Bonchev–Trinajstić information content (AvgIpc) is 2.17. The molecule has 1 rings (SSSR count). The Hall–Kier alpha value is -1.23. The maximum Gasteiger partial charge on any atom is 0.255 e. The van der Waals surface area contributed by atoms with Gasteiger partial charge in [-0.25, -0.2) is 13.8 Å². The molecule has 0 aliphatic heterocycles. The minimum atomic E-state index is -2.36. The number of anilines is 1. The first-order valence-corrected chi connectivity index (χ1v) is 4.71. The number of nitrogens with zero attached hydrogens (tertiary/aromatic N) is 2. The molecular weight excluding hydrogens is 200 g/mol. The van der Waals surface area contributed by atoms with Gasteiger partial charge in [0.1, 0.15) is 5.82 Å². The predicted octanol–water partition coefficient (Wildman–Crippen LogP) is 1.80. The molecule has 2 N–H and O–H groups in total. The summed E-state index contributed by atoms with van der Waals surface area (Å²) in [6.07, 6.45) is -0.744. The van der Waals surface area contributed by atoms with Crippen molar-refractivity contribution >= 4 is 5.82 Å². The minimum Gasteiger partial charge on any atom is -0.354 e. The van der Waals surface area contributed by atoms with Crippen LogP contribution in [0.4, 0.5) is 14.6 Å². The number of halogens is 2. The van der Waals surface area contributed by atoms with Crippen molar-refractivity contribution < 1.29 is 8.78 Å². The summed E-state index contributed by atoms with van der Waals surface area (Å²) < 4.78 is 24.2. The van der Waals surface area contributed by atoms with Crippen LogP contribution in [0.5, 0.6) is 0 Å². The lowest BCUT2D eigenvalue weighted by Crippen LogP contribution is -2.24. The SMILES string of the molecule is CC(N)c1ccc(N(C)CC(F)F)nc1. The van der Waals surface area contributed by atoms with E-state index in [-0.39, 0.29) is 12.6 Å². The van der Waals surface area contributed by atoms with Crippen LogP contribution in [0.25, 0.3) is 0 Å². The summed E-state index contributed by atoms with van der Waals surface area (Å²) in [7, 11) is 1.58. The van der Waals surface area contributed by atoms with Crippen LogP contribution in [0, 0.1) is 0 Å². The molecule has 0 saturated carbocycles. The van der Waals surface area contributed by atoms with Crippen LogP contribution in [-0.4, -0.2) is 25.0 Å². The molecule has 1 atom stereocenters. The van der Waals surface area contributed by atoms with Crippen LogP contribution in [0.3, 0.4) is 0 Å². The van der Waals surface area contributed by atoms with Gasteiger partial charge in [0.15, 0.2) is 0 Å². The van der Waals surface area contributed by atoms with Crippen molar-refractivity contribution in [1.82, 2.24) is 4.98 Å². The monoisotopic (exact) mass is 215 g/mol. The van der Waals surface area contributed by atoms with Crippen molar-refractivity contribution in [3.8, 4) is 0 Å². The van der Waals surface area contributed by atoms with Gasteiger partial charge in [-0.1, -0.05) is 6.07 Å². The summed E-state index contributed by atoms with van der Waals surface area (Å²) in [4.78, 5) is 5.48. The van der Waals surface area contributed by atoms with E-state index in [0.29, 0.717) is 5.82 Å². The van der Waals surface area contributed by atoms with Crippen molar-refractivity contribution in [3.05, 3.63) is 23.9 Å². The maximum atomic E-state index is 12.1. The van der Waals surface area contributed by atoms with Crippen molar-refractivity contribution in [2.75, 3.05) is 18.5 Å². The number of pyridine rings is 1. The van der Waals surface area contributed by atoms with Crippen LogP contribution < -0.4 is 10.6 Å². The van der Waals surface area contributed by atoms with Gasteiger partial charge in [-0.3, -0.25) is 0 Å². The lowest BCUT2D eigenvalue weighted by molar-refractivity contribution is 0.156. The van der Waals surface area contributed by atoms with Crippen LogP contribution in [0.15, 0.2) is 18.3 Å². The zero-order chi connectivity index (χ0) is 11.4. The zero-order valence-corrected chi connectivity index (χ0v) is 8.82. The van der Waals surface area contributed by atoms with E-state index >= 15 is 0 Å². The fourth-order valence-electron chi connectivity index (χ4n) is 1.19. The highest BCUT2D eigenvalue weighted by Gasteiger charge is 2.09. The summed E-state index contributed by atoms with van der Waals surface area (Å²) in [5.74, 6) is 0.528. The first-order chi connectivity index (χ1) is 7.00. The van der Waals surface area contributed by atoms with E-state index in [2.05, 4.69) is 4.98 Å². The molecule has 0 fully saturated rings. The van der Waals surface area contributed by atoms with E-state index in [1.807, 2.05) is 6.92 Å². The summed E-state index contributed by atoms with van der Waals surface area (Å²) in [5.41, 5.74) is 6.54. The summed E-state index contributed by atoms with van der Waals surface area (Å²) in [6, 6.07) is 3.41. The third kappa shape index (κ3) is 3.43. The van der Waals surface area contributed by atoms with Gasteiger partial charge in [-0.05, 0) is 18.6 Å². The van der Waals surface area contributed by atoms with Gasteiger partial charge < -0.3 is 10.6 Å². The quantitative estimate of drug-likeness (QED) is 0.832. The Labute approximate surface area is 87.9 Å². The Bertz CT molecular complexity index is 298. The number of hydrogen-bond acceptors (Lipinski definition) is 3. The van der Waals surface area contributed by atoms with E-state index in [1.165, 1.54) is 4.90 Å². The Kier molecular flexibility index (Phi) is 3.96. The van der Waals surface area contributed by atoms with Gasteiger partial charge in [-0.15, -0.1) is 0 Å². The molecule has 0 aromatic carbocycles. The smallest absolute Gasteiger partial charge is 0.255 e. The molecule has 1 unspecified atom stereocenters. The second-order valence-electron chi connectivity index (χ2n) is 3.51. The number of aromatic nitrogens is 1. The Morgan fingerprint density at radius 3 is 2.53 bits per heavy atom. The van der Waals surface area contributed by atoms with Gasteiger partial charge in [0.05, 0.1) is 6.54 Å². The Morgan fingerprint density at radius 1 is 1.47 bits per heavy atom. The zero-order valence-electron chi connectivity index (χ0n) is 8.82. The van der Waals surface area contributed by atoms with E-state index in [9.17, 15) is 8.78 Å². The molecule has 1 aromatic heterocycles. The first kappa shape index (κ1) is 11.8. The van der Waals surface area contributed by atoms with Gasteiger partial charge in [0, 0.05) is 19.3 Å². The number of hydrogen-bond donors (Lipinski definition) is 1. The molecule has 0 saturated heterocycles. The molecule has 0 bridgehead atoms. The fraction of sp³-hybridized carbons (Fsp3) is 0.500. The van der Waals surface area contributed by atoms with Crippen LogP contribution >= 0.6 is 0 Å². The van der Waals surface area contributed by atoms with E-state index in [0.717, 1.165) is 5.56 Å². The van der Waals surface area contributed by atoms with E-state index in [4.69, 9.17) is 5.73 Å². The maximum absolute atomic E-state index is 12.1. The molecule has 0 amide bonds. The van der Waals surface area contributed by atoms with Gasteiger partial charge in [-0.2, -0.15) is 0 Å². The number of nitrogens with two attached hydrogens (primary N) is 1. The summed E-state index contributed by atoms with van der Waals surface area (Å²) in [5, 5.41) is 0. The molecule has 0 aliphatic carbocycles. The first-order valence-electron chi connectivity index (χ1n) is 4.71. The molecule has 15 heavy (non-hydrogen) atoms. The molecule has 3 nitrogen and oxygen atoms in total. The Morgan fingerprint density at radius 2 is 2.13 bits per heavy atom.